The number of aromatic nitrogens is 1. The molecule has 166 valence electrons. The Morgan fingerprint density at radius 1 is 1.22 bits per heavy atom. The maximum atomic E-state index is 13.0. The number of rotatable bonds is 5. The van der Waals surface area contributed by atoms with E-state index in [1.54, 1.807) is 13.0 Å². The number of hydrogen-bond acceptors (Lipinski definition) is 5. The number of benzene rings is 1. The summed E-state index contributed by atoms with van der Waals surface area (Å²) in [5.41, 5.74) is 2.35. The number of hydrogen-bond donors (Lipinski definition) is 0. The fourth-order valence-electron chi connectivity index (χ4n) is 3.78. The summed E-state index contributed by atoms with van der Waals surface area (Å²) < 4.78 is 62.4. The lowest BCUT2D eigenvalue weighted by Crippen LogP contribution is -2.51. The summed E-state index contributed by atoms with van der Waals surface area (Å²) in [4.78, 5) is 12.6. The number of nitrogens with zero attached hydrogens (tertiary/aromatic N) is 1. The highest BCUT2D eigenvalue weighted by Crippen LogP contribution is 2.37. The maximum Gasteiger partial charge on any atom is 0.410 e. The van der Waals surface area contributed by atoms with E-state index < -0.39 is 11.6 Å². The quantitative estimate of drug-likeness (QED) is 0.661. The van der Waals surface area contributed by atoms with Crippen LogP contribution in [-0.4, -0.2) is 64.4 Å². The average molecular weight is 445 g/mol. The molecule has 0 amide bonds. The Hall–Kier alpha value is -2.39. The standard InChI is InChI=1S/C21H20B2F3NO5/c1-12-17(28)9-18(31-11-15-10-29-6-7-30-15)27-5-4-13-8-14(2-3-16(13)19(12)27)32-20(22,23)21(24,25)26/h2-3,8-9,15H,4-7,10-11H2,1H3/t15-/m0/s1. The lowest BCUT2D eigenvalue weighted by atomic mass is 9.64. The van der Waals surface area contributed by atoms with Crippen molar-refractivity contribution in [2.75, 3.05) is 26.4 Å². The minimum Gasteiger partial charge on any atom is -0.498 e. The molecule has 1 saturated heterocycles. The normalized spacial score (nSPS) is 18.6. The molecule has 3 heterocycles. The van der Waals surface area contributed by atoms with Gasteiger partial charge in [0.25, 0.3) is 0 Å². The van der Waals surface area contributed by atoms with Crippen molar-refractivity contribution < 1.29 is 32.1 Å². The summed E-state index contributed by atoms with van der Waals surface area (Å²) in [7, 11) is 10.2. The van der Waals surface area contributed by atoms with E-state index >= 15 is 0 Å². The summed E-state index contributed by atoms with van der Waals surface area (Å²) in [6.07, 6.45) is -4.69. The average Bonchev–Trinajstić information content (AvgIpc) is 2.74. The molecule has 0 unspecified atom stereocenters. The van der Waals surface area contributed by atoms with E-state index in [0.717, 1.165) is 0 Å². The first-order valence-electron chi connectivity index (χ1n) is 10.1. The van der Waals surface area contributed by atoms with Crippen molar-refractivity contribution in [2.45, 2.75) is 37.6 Å². The van der Waals surface area contributed by atoms with Gasteiger partial charge >= 0.3 is 6.18 Å². The Morgan fingerprint density at radius 2 is 2.00 bits per heavy atom. The third-order valence-electron chi connectivity index (χ3n) is 5.48. The van der Waals surface area contributed by atoms with E-state index in [0.29, 0.717) is 61.1 Å². The second kappa shape index (κ2) is 8.51. The van der Waals surface area contributed by atoms with Gasteiger partial charge in [-0.2, -0.15) is 13.2 Å². The van der Waals surface area contributed by atoms with Crippen molar-refractivity contribution in [1.82, 2.24) is 4.57 Å². The van der Waals surface area contributed by atoms with Crippen LogP contribution in [0.4, 0.5) is 13.2 Å². The van der Waals surface area contributed by atoms with Crippen molar-refractivity contribution in [2.24, 2.45) is 0 Å². The van der Waals surface area contributed by atoms with E-state index in [-0.39, 0.29) is 23.9 Å². The Morgan fingerprint density at radius 3 is 2.69 bits per heavy atom. The predicted molar refractivity (Wildman–Crippen MR) is 112 cm³/mol. The summed E-state index contributed by atoms with van der Waals surface area (Å²) in [5, 5.41) is -3.31. The molecule has 2 aromatic rings. The number of pyridine rings is 1. The Labute approximate surface area is 185 Å². The second-order valence-corrected chi connectivity index (χ2v) is 7.81. The van der Waals surface area contributed by atoms with Crippen molar-refractivity contribution in [1.29, 1.82) is 0 Å². The zero-order chi connectivity index (χ0) is 23.1. The first kappa shape index (κ1) is 22.8. The molecule has 0 saturated carbocycles. The number of aryl methyl sites for hydroxylation is 1. The largest absolute Gasteiger partial charge is 0.498 e. The number of alkyl halides is 3. The number of ether oxygens (including phenoxy) is 4. The minimum atomic E-state index is -4.95. The van der Waals surface area contributed by atoms with E-state index in [1.807, 2.05) is 4.57 Å². The Balaban J connectivity index is 1.64. The predicted octanol–water partition coefficient (Wildman–Crippen LogP) is 2.11. The smallest absolute Gasteiger partial charge is 0.410 e. The molecule has 0 N–H and O–H groups in total. The topological polar surface area (TPSA) is 58.9 Å². The van der Waals surface area contributed by atoms with Crippen LogP contribution in [0.15, 0.2) is 29.1 Å². The molecule has 1 aromatic carbocycles. The highest BCUT2D eigenvalue weighted by Gasteiger charge is 2.48. The van der Waals surface area contributed by atoms with Gasteiger partial charge in [-0.15, -0.1) is 0 Å². The van der Waals surface area contributed by atoms with Crippen molar-refractivity contribution >= 4 is 15.7 Å². The van der Waals surface area contributed by atoms with E-state index in [9.17, 15) is 18.0 Å². The highest BCUT2D eigenvalue weighted by molar-refractivity contribution is 6.40. The Kier molecular flexibility index (Phi) is 6.06. The minimum absolute atomic E-state index is 0.110. The summed E-state index contributed by atoms with van der Waals surface area (Å²) >= 11 is 0. The van der Waals surface area contributed by atoms with Crippen LogP contribution < -0.4 is 14.9 Å². The zero-order valence-corrected chi connectivity index (χ0v) is 17.4. The first-order chi connectivity index (χ1) is 15.1. The van der Waals surface area contributed by atoms with Crippen LogP contribution in [0, 0.1) is 6.92 Å². The van der Waals surface area contributed by atoms with Gasteiger partial charge in [-0.25, -0.2) is 0 Å². The summed E-state index contributed by atoms with van der Waals surface area (Å²) in [6, 6.07) is 5.84. The molecule has 11 heteroatoms. The summed E-state index contributed by atoms with van der Waals surface area (Å²) in [5.74, 6) is 0.289. The molecule has 2 aliphatic heterocycles. The van der Waals surface area contributed by atoms with E-state index in [1.165, 1.54) is 18.2 Å². The third kappa shape index (κ3) is 4.41. The molecular weight excluding hydrogens is 425 g/mol. The van der Waals surface area contributed by atoms with Crippen molar-refractivity contribution in [3.8, 4) is 22.9 Å². The van der Waals surface area contributed by atoms with Crippen LogP contribution in [0.3, 0.4) is 0 Å². The van der Waals surface area contributed by atoms with Gasteiger partial charge in [-0.3, -0.25) is 4.79 Å². The molecule has 1 fully saturated rings. The van der Waals surface area contributed by atoms with Crippen LogP contribution >= 0.6 is 0 Å². The molecule has 6 nitrogen and oxygen atoms in total. The molecular formula is C21H20B2F3NO5. The van der Waals surface area contributed by atoms with Gasteiger partial charge in [-0.1, -0.05) is 0 Å². The molecule has 0 bridgehead atoms. The number of halogens is 3. The molecule has 0 aliphatic carbocycles. The molecule has 2 aliphatic rings. The van der Waals surface area contributed by atoms with Crippen LogP contribution in [0.1, 0.15) is 11.1 Å². The molecule has 4 radical (unpaired) electrons. The monoisotopic (exact) mass is 445 g/mol. The van der Waals surface area contributed by atoms with Gasteiger partial charge in [-0.05, 0) is 37.1 Å². The van der Waals surface area contributed by atoms with E-state index in [2.05, 4.69) is 0 Å². The fourth-order valence-corrected chi connectivity index (χ4v) is 3.78. The Bertz CT molecular complexity index is 1060. The SMILES string of the molecule is [B]C([B])(Oc1ccc2c(c1)CCn1c(OC[C@@H]3COCCO3)cc(=O)c(C)c1-2)C(F)(F)F. The van der Waals surface area contributed by atoms with Gasteiger partial charge in [0.15, 0.2) is 11.3 Å². The van der Waals surface area contributed by atoms with Gasteiger partial charge in [0.2, 0.25) is 0 Å². The van der Waals surface area contributed by atoms with Crippen LogP contribution in [-0.2, 0) is 22.4 Å². The van der Waals surface area contributed by atoms with Crippen molar-refractivity contribution in [3.63, 3.8) is 0 Å². The fraction of sp³-hybridized carbons (Fsp3) is 0.476. The summed E-state index contributed by atoms with van der Waals surface area (Å²) in [6.45, 7) is 3.82. The maximum absolute atomic E-state index is 13.0. The molecule has 32 heavy (non-hydrogen) atoms. The third-order valence-corrected chi connectivity index (χ3v) is 5.48. The lowest BCUT2D eigenvalue weighted by molar-refractivity contribution is -0.185. The first-order valence-corrected chi connectivity index (χ1v) is 10.1. The highest BCUT2D eigenvalue weighted by atomic mass is 19.4. The van der Waals surface area contributed by atoms with Gasteiger partial charge in [0.05, 0.1) is 25.5 Å². The van der Waals surface area contributed by atoms with Gasteiger partial charge in [0.1, 0.15) is 39.6 Å². The number of fused-ring (bicyclic) bond motifs is 3. The molecule has 0 spiro atoms. The van der Waals surface area contributed by atoms with Gasteiger partial charge in [0, 0.05) is 23.7 Å². The van der Waals surface area contributed by atoms with Crippen LogP contribution in [0.25, 0.3) is 11.3 Å². The van der Waals surface area contributed by atoms with Crippen LogP contribution in [0.5, 0.6) is 11.6 Å². The molecule has 4 rings (SSSR count). The second-order valence-electron chi connectivity index (χ2n) is 7.81. The van der Waals surface area contributed by atoms with Gasteiger partial charge < -0.3 is 23.5 Å². The molecule has 1 atom stereocenters. The van der Waals surface area contributed by atoms with Crippen LogP contribution in [0.2, 0.25) is 0 Å². The lowest BCUT2D eigenvalue weighted by Gasteiger charge is -2.32. The van der Waals surface area contributed by atoms with E-state index in [4.69, 9.17) is 34.6 Å². The zero-order valence-electron chi connectivity index (χ0n) is 17.4. The molecule has 1 aromatic heterocycles. The van der Waals surface area contributed by atoms with Crippen molar-refractivity contribution in [3.05, 3.63) is 45.6 Å².